The van der Waals surface area contributed by atoms with Crippen LogP contribution in [0.2, 0.25) is 0 Å². The number of nitrogens with one attached hydrogen (secondary N) is 1. The van der Waals surface area contributed by atoms with Crippen molar-refractivity contribution >= 4 is 18.3 Å². The third kappa shape index (κ3) is 3.37. The number of halogens is 1. The lowest BCUT2D eigenvalue weighted by Gasteiger charge is -2.22. The van der Waals surface area contributed by atoms with Gasteiger partial charge in [0.15, 0.2) is 5.69 Å². The zero-order valence-corrected chi connectivity index (χ0v) is 14.8. The Morgan fingerprint density at radius 3 is 2.67 bits per heavy atom. The molecule has 1 amide bonds. The molecule has 0 bridgehead atoms. The smallest absolute Gasteiger partial charge is 0.276 e. The first-order valence-electron chi connectivity index (χ1n) is 7.66. The fourth-order valence-electron chi connectivity index (χ4n) is 2.80. The van der Waals surface area contributed by atoms with Gasteiger partial charge in [0.2, 0.25) is 0 Å². The minimum atomic E-state index is -0.0871. The Balaban J connectivity index is 0.00000208. The fourth-order valence-corrected chi connectivity index (χ4v) is 2.80. The molecule has 7 nitrogen and oxygen atoms in total. The number of carbonyl (C=O) groups excluding carboxylic acids is 1. The van der Waals surface area contributed by atoms with Crippen molar-refractivity contribution < 1.29 is 9.53 Å². The summed E-state index contributed by atoms with van der Waals surface area (Å²) in [6, 6.07) is 7.70. The SMILES string of the molecule is COc1ccc(-n2nnc(C(=O)N(C)C3CCNC3)c2C)cc1.Cl. The van der Waals surface area contributed by atoms with E-state index >= 15 is 0 Å². The van der Waals surface area contributed by atoms with Crippen LogP contribution in [0.1, 0.15) is 22.6 Å². The lowest BCUT2D eigenvalue weighted by atomic mass is 10.2. The van der Waals surface area contributed by atoms with Crippen LogP contribution in [0.15, 0.2) is 24.3 Å². The quantitative estimate of drug-likeness (QED) is 0.902. The molecule has 0 spiro atoms. The number of methoxy groups -OCH3 is 1. The third-order valence-corrected chi connectivity index (χ3v) is 4.32. The summed E-state index contributed by atoms with van der Waals surface area (Å²) in [4.78, 5) is 14.4. The number of hydrogen-bond donors (Lipinski definition) is 1. The van der Waals surface area contributed by atoms with Crippen molar-refractivity contribution in [2.75, 3.05) is 27.2 Å². The standard InChI is InChI=1S/C16H21N5O2.ClH/c1-11-15(16(22)20(2)13-8-9-17-10-13)18-19-21(11)12-4-6-14(23-3)7-5-12;/h4-7,13,17H,8-10H2,1-3H3;1H. The van der Waals surface area contributed by atoms with E-state index in [-0.39, 0.29) is 24.4 Å². The van der Waals surface area contributed by atoms with E-state index in [2.05, 4.69) is 15.6 Å². The highest BCUT2D eigenvalue weighted by Crippen LogP contribution is 2.18. The van der Waals surface area contributed by atoms with E-state index < -0.39 is 0 Å². The van der Waals surface area contributed by atoms with Crippen molar-refractivity contribution in [3.05, 3.63) is 35.7 Å². The summed E-state index contributed by atoms with van der Waals surface area (Å²) in [6.45, 7) is 3.63. The van der Waals surface area contributed by atoms with Crippen LogP contribution in [-0.2, 0) is 0 Å². The Morgan fingerprint density at radius 1 is 1.38 bits per heavy atom. The molecule has 1 aliphatic heterocycles. The average molecular weight is 352 g/mol. The van der Waals surface area contributed by atoms with Gasteiger partial charge in [0.25, 0.3) is 5.91 Å². The Labute approximate surface area is 147 Å². The van der Waals surface area contributed by atoms with Gasteiger partial charge < -0.3 is 15.0 Å². The van der Waals surface area contributed by atoms with E-state index in [0.29, 0.717) is 5.69 Å². The van der Waals surface area contributed by atoms with E-state index in [1.807, 2.05) is 38.2 Å². The predicted octanol–water partition coefficient (Wildman–Crippen LogP) is 1.44. The Hall–Kier alpha value is -2.12. The molecule has 130 valence electrons. The molecule has 24 heavy (non-hydrogen) atoms. The highest BCUT2D eigenvalue weighted by molar-refractivity contribution is 5.93. The molecule has 3 rings (SSSR count). The molecule has 8 heteroatoms. The number of likely N-dealkylation sites (N-methyl/N-ethyl adjacent to an activating group) is 1. The van der Waals surface area contributed by atoms with Crippen LogP contribution in [0.3, 0.4) is 0 Å². The molecule has 2 heterocycles. The number of nitrogens with zero attached hydrogens (tertiary/aromatic N) is 4. The van der Waals surface area contributed by atoms with E-state index in [1.165, 1.54) is 0 Å². The first-order chi connectivity index (χ1) is 11.1. The van der Waals surface area contributed by atoms with Crippen molar-refractivity contribution in [3.63, 3.8) is 0 Å². The molecule has 0 saturated carbocycles. The van der Waals surface area contributed by atoms with Gasteiger partial charge in [-0.3, -0.25) is 4.79 Å². The first-order valence-corrected chi connectivity index (χ1v) is 7.66. The van der Waals surface area contributed by atoms with E-state index in [9.17, 15) is 4.79 Å². The van der Waals surface area contributed by atoms with E-state index in [4.69, 9.17) is 4.74 Å². The molecule has 1 N–H and O–H groups in total. The van der Waals surface area contributed by atoms with Gasteiger partial charge in [-0.15, -0.1) is 17.5 Å². The average Bonchev–Trinajstić information content (AvgIpc) is 3.23. The van der Waals surface area contributed by atoms with Crippen molar-refractivity contribution in [3.8, 4) is 11.4 Å². The highest BCUT2D eigenvalue weighted by Gasteiger charge is 2.27. The maximum atomic E-state index is 12.7. The zero-order valence-electron chi connectivity index (χ0n) is 14.0. The van der Waals surface area contributed by atoms with Crippen molar-refractivity contribution in [2.24, 2.45) is 0 Å². The normalized spacial score (nSPS) is 16.5. The van der Waals surface area contributed by atoms with E-state index in [1.54, 1.807) is 16.7 Å². The Bertz CT molecular complexity index is 695. The van der Waals surface area contributed by atoms with Gasteiger partial charge in [0.05, 0.1) is 18.5 Å². The minimum absolute atomic E-state index is 0. The second kappa shape index (κ2) is 7.63. The van der Waals surface area contributed by atoms with Crippen LogP contribution in [0.5, 0.6) is 5.75 Å². The molecule has 1 fully saturated rings. The number of carbonyl (C=O) groups is 1. The van der Waals surface area contributed by atoms with Gasteiger partial charge in [-0.1, -0.05) is 5.21 Å². The zero-order chi connectivity index (χ0) is 16.4. The Kier molecular flexibility index (Phi) is 5.80. The summed E-state index contributed by atoms with van der Waals surface area (Å²) in [6.07, 6.45) is 0.966. The fraction of sp³-hybridized carbons (Fsp3) is 0.438. The number of benzene rings is 1. The summed E-state index contributed by atoms with van der Waals surface area (Å²) in [5.41, 5.74) is 1.98. The van der Waals surface area contributed by atoms with Crippen LogP contribution in [-0.4, -0.2) is 59.1 Å². The largest absolute Gasteiger partial charge is 0.497 e. The number of amides is 1. The van der Waals surface area contributed by atoms with Gasteiger partial charge >= 0.3 is 0 Å². The highest BCUT2D eigenvalue weighted by atomic mass is 35.5. The molecule has 2 aromatic rings. The second-order valence-corrected chi connectivity index (χ2v) is 5.70. The minimum Gasteiger partial charge on any atom is -0.497 e. The first kappa shape index (κ1) is 18.2. The van der Waals surface area contributed by atoms with Crippen molar-refractivity contribution in [1.29, 1.82) is 0 Å². The maximum absolute atomic E-state index is 12.7. The van der Waals surface area contributed by atoms with Gasteiger partial charge in [0, 0.05) is 19.6 Å². The second-order valence-electron chi connectivity index (χ2n) is 5.70. The van der Waals surface area contributed by atoms with Gasteiger partial charge in [-0.05, 0) is 44.2 Å². The van der Waals surface area contributed by atoms with Gasteiger partial charge in [-0.2, -0.15) is 0 Å². The third-order valence-electron chi connectivity index (χ3n) is 4.32. The van der Waals surface area contributed by atoms with Crippen LogP contribution in [0.4, 0.5) is 0 Å². The maximum Gasteiger partial charge on any atom is 0.276 e. The van der Waals surface area contributed by atoms with Gasteiger partial charge in [-0.25, -0.2) is 4.68 Å². The summed E-state index contributed by atoms with van der Waals surface area (Å²) >= 11 is 0. The van der Waals surface area contributed by atoms with Crippen LogP contribution in [0, 0.1) is 6.92 Å². The lowest BCUT2D eigenvalue weighted by Crippen LogP contribution is -2.38. The molecule has 0 aliphatic carbocycles. The number of aromatic nitrogens is 3. The number of hydrogen-bond acceptors (Lipinski definition) is 5. The summed E-state index contributed by atoms with van der Waals surface area (Å²) in [5.74, 6) is 0.687. The molecule has 1 atom stereocenters. The molecular formula is C16H22ClN5O2. The summed E-state index contributed by atoms with van der Waals surface area (Å²) < 4.78 is 6.83. The summed E-state index contributed by atoms with van der Waals surface area (Å²) in [7, 11) is 3.45. The predicted molar refractivity (Wildman–Crippen MR) is 93.3 cm³/mol. The molecule has 1 aromatic carbocycles. The molecule has 0 radical (unpaired) electrons. The summed E-state index contributed by atoms with van der Waals surface area (Å²) in [5, 5.41) is 11.5. The van der Waals surface area contributed by atoms with Gasteiger partial charge in [0.1, 0.15) is 5.75 Å². The number of ether oxygens (including phenoxy) is 1. The Morgan fingerprint density at radius 2 is 2.08 bits per heavy atom. The van der Waals surface area contributed by atoms with Crippen LogP contribution >= 0.6 is 12.4 Å². The molecule has 1 saturated heterocycles. The molecule has 1 unspecified atom stereocenters. The molecule has 1 aromatic heterocycles. The number of rotatable bonds is 4. The van der Waals surface area contributed by atoms with Crippen molar-refractivity contribution in [2.45, 2.75) is 19.4 Å². The monoisotopic (exact) mass is 351 g/mol. The van der Waals surface area contributed by atoms with Crippen molar-refractivity contribution in [1.82, 2.24) is 25.2 Å². The lowest BCUT2D eigenvalue weighted by molar-refractivity contribution is 0.0737. The topological polar surface area (TPSA) is 72.3 Å². The molecule has 1 aliphatic rings. The van der Waals surface area contributed by atoms with Crippen LogP contribution < -0.4 is 10.1 Å². The van der Waals surface area contributed by atoms with E-state index in [0.717, 1.165) is 36.6 Å². The molecular weight excluding hydrogens is 330 g/mol. The van der Waals surface area contributed by atoms with Crippen LogP contribution in [0.25, 0.3) is 5.69 Å².